The standard InChI is InChI=1S/C16H15ClN2O3/c1-10(11-4-3-5-13(8-11)22-2)18-19-15-9-12(16(20)21)6-7-14(15)17/h3-9,19H,1-2H3,(H,20,21)/b18-10-. The first-order valence-corrected chi connectivity index (χ1v) is 6.86. The van der Waals surface area contributed by atoms with Gasteiger partial charge >= 0.3 is 5.97 Å². The number of nitrogens with one attached hydrogen (secondary N) is 1. The maximum atomic E-state index is 11.0. The molecule has 0 aromatic heterocycles. The van der Waals surface area contributed by atoms with Crippen LogP contribution >= 0.6 is 11.6 Å². The molecule has 0 spiro atoms. The van der Waals surface area contributed by atoms with Gasteiger partial charge in [-0.05, 0) is 37.3 Å². The molecule has 0 radical (unpaired) electrons. The van der Waals surface area contributed by atoms with Crippen LogP contribution in [0, 0.1) is 0 Å². The van der Waals surface area contributed by atoms with Crippen LogP contribution in [0.25, 0.3) is 0 Å². The van der Waals surface area contributed by atoms with Gasteiger partial charge in [-0.15, -0.1) is 0 Å². The quantitative estimate of drug-likeness (QED) is 0.648. The number of benzene rings is 2. The number of hydrogen-bond donors (Lipinski definition) is 2. The molecule has 0 saturated carbocycles. The molecular weight excluding hydrogens is 304 g/mol. The Morgan fingerprint density at radius 2 is 2.00 bits per heavy atom. The van der Waals surface area contributed by atoms with Crippen molar-refractivity contribution < 1.29 is 14.6 Å². The number of carboxylic acid groups (broad SMARTS) is 1. The molecule has 0 atom stereocenters. The lowest BCUT2D eigenvalue weighted by atomic mass is 10.1. The van der Waals surface area contributed by atoms with Crippen molar-refractivity contribution in [1.82, 2.24) is 0 Å². The van der Waals surface area contributed by atoms with E-state index in [-0.39, 0.29) is 5.56 Å². The first kappa shape index (κ1) is 15.9. The van der Waals surface area contributed by atoms with Crippen LogP contribution in [0.3, 0.4) is 0 Å². The summed E-state index contributed by atoms with van der Waals surface area (Å²) in [7, 11) is 1.60. The second-order valence-electron chi connectivity index (χ2n) is 4.54. The van der Waals surface area contributed by atoms with Crippen molar-refractivity contribution in [3.63, 3.8) is 0 Å². The molecule has 0 fully saturated rings. The fourth-order valence-corrected chi connectivity index (χ4v) is 1.96. The summed E-state index contributed by atoms with van der Waals surface area (Å²) in [5, 5.41) is 13.6. The largest absolute Gasteiger partial charge is 0.497 e. The first-order valence-electron chi connectivity index (χ1n) is 6.49. The van der Waals surface area contributed by atoms with Gasteiger partial charge in [-0.25, -0.2) is 4.79 Å². The van der Waals surface area contributed by atoms with E-state index in [1.165, 1.54) is 18.2 Å². The van der Waals surface area contributed by atoms with Gasteiger partial charge in [0.05, 0.1) is 29.1 Å². The lowest BCUT2D eigenvalue weighted by Gasteiger charge is -2.07. The molecule has 0 saturated heterocycles. The summed E-state index contributed by atoms with van der Waals surface area (Å²) >= 11 is 6.03. The fourth-order valence-electron chi connectivity index (χ4n) is 1.80. The number of halogens is 1. The lowest BCUT2D eigenvalue weighted by molar-refractivity contribution is 0.0697. The van der Waals surface area contributed by atoms with E-state index in [9.17, 15) is 4.79 Å². The predicted octanol–water partition coefficient (Wildman–Crippen LogP) is 3.88. The van der Waals surface area contributed by atoms with E-state index in [2.05, 4.69) is 10.5 Å². The van der Waals surface area contributed by atoms with Crippen LogP contribution in [-0.4, -0.2) is 23.9 Å². The highest BCUT2D eigenvalue weighted by Crippen LogP contribution is 2.23. The van der Waals surface area contributed by atoms with Crippen LogP contribution in [0.1, 0.15) is 22.8 Å². The highest BCUT2D eigenvalue weighted by Gasteiger charge is 2.07. The number of methoxy groups -OCH3 is 1. The van der Waals surface area contributed by atoms with E-state index in [4.69, 9.17) is 21.4 Å². The fraction of sp³-hybridized carbons (Fsp3) is 0.125. The highest BCUT2D eigenvalue weighted by atomic mass is 35.5. The molecule has 0 bridgehead atoms. The van der Waals surface area contributed by atoms with Crippen molar-refractivity contribution in [2.75, 3.05) is 12.5 Å². The van der Waals surface area contributed by atoms with Crippen molar-refractivity contribution in [2.24, 2.45) is 5.10 Å². The zero-order valence-corrected chi connectivity index (χ0v) is 12.9. The number of ether oxygens (including phenoxy) is 1. The summed E-state index contributed by atoms with van der Waals surface area (Å²) in [4.78, 5) is 11.0. The van der Waals surface area contributed by atoms with Crippen molar-refractivity contribution in [1.29, 1.82) is 0 Å². The molecule has 0 heterocycles. The summed E-state index contributed by atoms with van der Waals surface area (Å²) in [6.07, 6.45) is 0. The SMILES string of the molecule is COc1cccc(/C(C)=N\Nc2cc(C(=O)O)ccc2Cl)c1. The van der Waals surface area contributed by atoms with Gasteiger partial charge in [-0.2, -0.15) is 5.10 Å². The molecule has 2 N–H and O–H groups in total. The normalized spacial score (nSPS) is 11.1. The molecule has 0 aliphatic heterocycles. The molecule has 22 heavy (non-hydrogen) atoms. The summed E-state index contributed by atoms with van der Waals surface area (Å²) < 4.78 is 5.17. The van der Waals surface area contributed by atoms with E-state index < -0.39 is 5.97 Å². The van der Waals surface area contributed by atoms with E-state index in [1.54, 1.807) is 7.11 Å². The Balaban J connectivity index is 2.23. The molecule has 2 aromatic carbocycles. The number of rotatable bonds is 5. The van der Waals surface area contributed by atoms with Gasteiger partial charge in [0, 0.05) is 5.56 Å². The van der Waals surface area contributed by atoms with Gasteiger partial charge in [0.2, 0.25) is 0 Å². The van der Waals surface area contributed by atoms with Gasteiger partial charge < -0.3 is 9.84 Å². The van der Waals surface area contributed by atoms with Crippen LogP contribution in [-0.2, 0) is 0 Å². The van der Waals surface area contributed by atoms with E-state index in [0.29, 0.717) is 10.7 Å². The monoisotopic (exact) mass is 318 g/mol. The van der Waals surface area contributed by atoms with Gasteiger partial charge in [-0.3, -0.25) is 5.43 Å². The van der Waals surface area contributed by atoms with E-state index >= 15 is 0 Å². The van der Waals surface area contributed by atoms with Crippen LogP contribution in [0.5, 0.6) is 5.75 Å². The third-order valence-corrected chi connectivity index (χ3v) is 3.37. The molecule has 114 valence electrons. The molecule has 2 aromatic rings. The molecule has 0 amide bonds. The molecule has 5 nitrogen and oxygen atoms in total. The Bertz CT molecular complexity index is 729. The van der Waals surface area contributed by atoms with Crippen LogP contribution in [0.4, 0.5) is 5.69 Å². The third-order valence-electron chi connectivity index (χ3n) is 3.04. The zero-order chi connectivity index (χ0) is 16.1. The zero-order valence-electron chi connectivity index (χ0n) is 12.1. The number of anilines is 1. The third kappa shape index (κ3) is 3.77. The number of hydrogen-bond acceptors (Lipinski definition) is 4. The minimum absolute atomic E-state index is 0.140. The van der Waals surface area contributed by atoms with Crippen molar-refractivity contribution in [3.05, 3.63) is 58.6 Å². The van der Waals surface area contributed by atoms with Gasteiger partial charge in [0.1, 0.15) is 5.75 Å². The molecule has 6 heteroatoms. The Hall–Kier alpha value is -2.53. The Labute approximate surface area is 133 Å². The topological polar surface area (TPSA) is 70.9 Å². The summed E-state index contributed by atoms with van der Waals surface area (Å²) in [5.74, 6) is -0.286. The molecule has 0 aliphatic carbocycles. The summed E-state index contributed by atoms with van der Waals surface area (Å²) in [6, 6.07) is 11.9. The second-order valence-corrected chi connectivity index (χ2v) is 4.95. The minimum Gasteiger partial charge on any atom is -0.497 e. The highest BCUT2D eigenvalue weighted by molar-refractivity contribution is 6.33. The average molecular weight is 319 g/mol. The number of carbonyl (C=O) groups is 1. The lowest BCUT2D eigenvalue weighted by Crippen LogP contribution is -2.02. The number of aromatic carboxylic acids is 1. The van der Waals surface area contributed by atoms with Gasteiger partial charge in [-0.1, -0.05) is 23.7 Å². The second kappa shape index (κ2) is 6.95. The van der Waals surface area contributed by atoms with Crippen molar-refractivity contribution in [3.8, 4) is 5.75 Å². The Morgan fingerprint density at radius 1 is 1.23 bits per heavy atom. The van der Waals surface area contributed by atoms with E-state index in [0.717, 1.165) is 17.0 Å². The minimum atomic E-state index is -1.02. The smallest absolute Gasteiger partial charge is 0.335 e. The van der Waals surface area contributed by atoms with Gasteiger partial charge in [0.25, 0.3) is 0 Å². The average Bonchev–Trinajstić information content (AvgIpc) is 2.53. The predicted molar refractivity (Wildman–Crippen MR) is 87.2 cm³/mol. The Kier molecular flexibility index (Phi) is 5.01. The number of nitrogens with zero attached hydrogens (tertiary/aromatic N) is 1. The molecule has 0 aliphatic rings. The first-order chi connectivity index (χ1) is 10.5. The van der Waals surface area contributed by atoms with Crippen LogP contribution in [0.2, 0.25) is 5.02 Å². The molecular formula is C16H15ClN2O3. The van der Waals surface area contributed by atoms with E-state index in [1.807, 2.05) is 31.2 Å². The van der Waals surface area contributed by atoms with Crippen LogP contribution < -0.4 is 10.2 Å². The number of hydrazone groups is 1. The van der Waals surface area contributed by atoms with Crippen LogP contribution in [0.15, 0.2) is 47.6 Å². The maximum Gasteiger partial charge on any atom is 0.335 e. The van der Waals surface area contributed by atoms with Crippen molar-refractivity contribution >= 4 is 29.0 Å². The maximum absolute atomic E-state index is 11.0. The van der Waals surface area contributed by atoms with Crippen molar-refractivity contribution in [2.45, 2.75) is 6.92 Å². The number of carboxylic acids is 1. The molecule has 2 rings (SSSR count). The summed E-state index contributed by atoms with van der Waals surface area (Å²) in [5.41, 5.74) is 4.97. The summed E-state index contributed by atoms with van der Waals surface area (Å²) in [6.45, 7) is 1.83. The Morgan fingerprint density at radius 3 is 2.68 bits per heavy atom. The molecule has 0 unspecified atom stereocenters. The van der Waals surface area contributed by atoms with Gasteiger partial charge in [0.15, 0.2) is 0 Å².